The highest BCUT2D eigenvalue weighted by Crippen LogP contribution is 2.54. The molecule has 152 valence electrons. The number of amides is 1. The number of pyridine rings is 1. The van der Waals surface area contributed by atoms with Gasteiger partial charge in [0.2, 0.25) is 15.9 Å². The Hall–Kier alpha value is -1.93. The van der Waals surface area contributed by atoms with E-state index in [0.717, 1.165) is 37.7 Å². The molecule has 1 aromatic heterocycles. The number of nitrogens with two attached hydrogens (primary N) is 1. The van der Waals surface area contributed by atoms with E-state index in [1.54, 1.807) is 22.6 Å². The quantitative estimate of drug-likeness (QED) is 0.672. The Morgan fingerprint density at radius 1 is 1.25 bits per heavy atom. The summed E-state index contributed by atoms with van der Waals surface area (Å²) in [5, 5.41) is 2.76. The highest BCUT2D eigenvalue weighted by Gasteiger charge is 2.57. The van der Waals surface area contributed by atoms with Gasteiger partial charge in [-0.25, -0.2) is 17.7 Å². The van der Waals surface area contributed by atoms with Crippen molar-refractivity contribution in [1.82, 2.24) is 14.6 Å². The summed E-state index contributed by atoms with van der Waals surface area (Å²) in [6.45, 7) is 1.97. The van der Waals surface area contributed by atoms with Crippen LogP contribution in [0.2, 0.25) is 0 Å². The number of fused-ring (bicyclic) bond motifs is 1. The minimum atomic E-state index is -3.09. The van der Waals surface area contributed by atoms with Gasteiger partial charge in [0.1, 0.15) is 5.82 Å². The van der Waals surface area contributed by atoms with Crippen molar-refractivity contribution >= 4 is 27.8 Å². The number of anilines is 1. The van der Waals surface area contributed by atoms with Crippen LogP contribution in [0.15, 0.2) is 24.4 Å². The van der Waals surface area contributed by atoms with E-state index in [4.69, 9.17) is 5.73 Å². The van der Waals surface area contributed by atoms with Crippen LogP contribution >= 0.6 is 0 Å². The second kappa shape index (κ2) is 7.83. The van der Waals surface area contributed by atoms with Gasteiger partial charge in [0.15, 0.2) is 0 Å². The average Bonchev–Trinajstić information content (AvgIpc) is 3.11. The van der Waals surface area contributed by atoms with E-state index in [1.165, 1.54) is 6.08 Å². The fourth-order valence-electron chi connectivity index (χ4n) is 4.75. The molecule has 1 aromatic rings. The Morgan fingerprint density at radius 3 is 2.61 bits per heavy atom. The minimum absolute atomic E-state index is 0.131. The normalized spacial score (nSPS) is 27.9. The second-order valence-electron chi connectivity index (χ2n) is 8.19. The van der Waals surface area contributed by atoms with E-state index >= 15 is 0 Å². The van der Waals surface area contributed by atoms with E-state index in [9.17, 15) is 13.2 Å². The summed E-state index contributed by atoms with van der Waals surface area (Å²) in [4.78, 5) is 15.9. The highest BCUT2D eigenvalue weighted by atomic mass is 32.2. The number of hydrogen-bond acceptors (Lipinski definition) is 5. The molecule has 0 bridgehead atoms. The zero-order valence-corrected chi connectivity index (χ0v) is 16.8. The lowest BCUT2D eigenvalue weighted by atomic mass is 10.2. The number of aromatic nitrogens is 1. The third kappa shape index (κ3) is 4.07. The summed E-state index contributed by atoms with van der Waals surface area (Å²) in [6, 6.07) is 3.50. The van der Waals surface area contributed by atoms with E-state index in [1.807, 2.05) is 6.07 Å². The van der Waals surface area contributed by atoms with Crippen LogP contribution in [0.1, 0.15) is 37.7 Å². The second-order valence-corrected chi connectivity index (χ2v) is 10.4. The van der Waals surface area contributed by atoms with Crippen molar-refractivity contribution in [2.24, 2.45) is 17.8 Å². The SMILES string of the molecule is Nc1ccc(/C=C/C(=O)NCC[C@@H]2[C@H]3CN(S(=O)(=O)C4CCCC4)C[C@@H]23)cn1. The lowest BCUT2D eigenvalue weighted by Crippen LogP contribution is -2.38. The number of piperidine rings is 1. The molecule has 8 heteroatoms. The maximum Gasteiger partial charge on any atom is 0.244 e. The first kappa shape index (κ1) is 19.4. The van der Waals surface area contributed by atoms with Crippen LogP contribution < -0.4 is 11.1 Å². The number of nitrogen functional groups attached to an aromatic ring is 1. The summed E-state index contributed by atoms with van der Waals surface area (Å²) in [5.74, 6) is 1.81. The Kier molecular flexibility index (Phi) is 5.42. The van der Waals surface area contributed by atoms with Gasteiger partial charge in [-0.15, -0.1) is 0 Å². The Labute approximate surface area is 166 Å². The molecule has 1 amide bonds. The molecule has 2 aliphatic carbocycles. The fraction of sp³-hybridized carbons (Fsp3) is 0.600. The highest BCUT2D eigenvalue weighted by molar-refractivity contribution is 7.89. The number of carbonyl (C=O) groups excluding carboxylic acids is 1. The van der Waals surface area contributed by atoms with Crippen LogP contribution in [-0.2, 0) is 14.8 Å². The van der Waals surface area contributed by atoms with Crippen LogP contribution in [0.25, 0.3) is 6.08 Å². The van der Waals surface area contributed by atoms with E-state index < -0.39 is 10.0 Å². The molecule has 0 radical (unpaired) electrons. The molecular weight excluding hydrogens is 376 g/mol. The molecule has 0 spiro atoms. The van der Waals surface area contributed by atoms with Crippen molar-refractivity contribution in [3.63, 3.8) is 0 Å². The molecule has 3 fully saturated rings. The van der Waals surface area contributed by atoms with Gasteiger partial charge in [-0.05, 0) is 60.8 Å². The zero-order valence-electron chi connectivity index (χ0n) is 16.0. The van der Waals surface area contributed by atoms with Crippen LogP contribution in [0.5, 0.6) is 0 Å². The standard InChI is InChI=1S/C20H28N4O3S/c21-19-7-5-14(11-23-19)6-8-20(25)22-10-9-16-17-12-24(13-18(16)17)28(26,27)15-3-1-2-4-15/h5-8,11,15-18H,1-4,9-10,12-13H2,(H2,21,23)(H,22,25)/b8-6+/t16-,17-,18+. The van der Waals surface area contributed by atoms with E-state index in [2.05, 4.69) is 10.3 Å². The molecule has 3 atom stereocenters. The summed E-state index contributed by atoms with van der Waals surface area (Å²) in [6.07, 6.45) is 9.46. The molecule has 2 saturated carbocycles. The number of nitrogens with one attached hydrogen (secondary N) is 1. The summed E-state index contributed by atoms with van der Waals surface area (Å²) >= 11 is 0. The molecule has 7 nitrogen and oxygen atoms in total. The van der Waals surface area contributed by atoms with Crippen molar-refractivity contribution in [1.29, 1.82) is 0 Å². The largest absolute Gasteiger partial charge is 0.384 e. The average molecular weight is 405 g/mol. The topological polar surface area (TPSA) is 105 Å². The Bertz CT molecular complexity index is 835. The lowest BCUT2D eigenvalue weighted by Gasteiger charge is -2.23. The smallest absolute Gasteiger partial charge is 0.244 e. The van der Waals surface area contributed by atoms with Crippen molar-refractivity contribution in [3.8, 4) is 0 Å². The maximum atomic E-state index is 12.7. The minimum Gasteiger partial charge on any atom is -0.384 e. The van der Waals surface area contributed by atoms with Crippen LogP contribution in [0, 0.1) is 17.8 Å². The molecule has 4 rings (SSSR count). The molecule has 2 heterocycles. The molecule has 1 saturated heterocycles. The number of carbonyl (C=O) groups is 1. The summed E-state index contributed by atoms with van der Waals surface area (Å²) in [7, 11) is -3.09. The first-order valence-electron chi connectivity index (χ1n) is 10.1. The van der Waals surface area contributed by atoms with Gasteiger partial charge in [0.25, 0.3) is 0 Å². The van der Waals surface area contributed by atoms with E-state index in [0.29, 0.717) is 43.2 Å². The third-order valence-electron chi connectivity index (χ3n) is 6.43. The van der Waals surface area contributed by atoms with Gasteiger partial charge < -0.3 is 11.1 Å². The maximum absolute atomic E-state index is 12.7. The van der Waals surface area contributed by atoms with Crippen LogP contribution in [-0.4, -0.2) is 48.5 Å². The van der Waals surface area contributed by atoms with Gasteiger partial charge in [-0.1, -0.05) is 12.8 Å². The van der Waals surface area contributed by atoms with Gasteiger partial charge >= 0.3 is 0 Å². The summed E-state index contributed by atoms with van der Waals surface area (Å²) < 4.78 is 27.1. The molecule has 28 heavy (non-hydrogen) atoms. The van der Waals surface area contributed by atoms with Crippen molar-refractivity contribution in [2.45, 2.75) is 37.4 Å². The number of nitrogens with zero attached hydrogens (tertiary/aromatic N) is 2. The molecule has 1 aliphatic heterocycles. The number of rotatable bonds is 7. The van der Waals surface area contributed by atoms with Crippen molar-refractivity contribution in [3.05, 3.63) is 30.0 Å². The summed E-state index contributed by atoms with van der Waals surface area (Å²) in [5.41, 5.74) is 6.36. The van der Waals surface area contributed by atoms with Crippen LogP contribution in [0.3, 0.4) is 0 Å². The fourth-order valence-corrected chi connectivity index (χ4v) is 6.86. The van der Waals surface area contributed by atoms with Gasteiger partial charge in [-0.2, -0.15) is 0 Å². The predicted molar refractivity (Wildman–Crippen MR) is 109 cm³/mol. The van der Waals surface area contributed by atoms with Gasteiger partial charge in [0.05, 0.1) is 5.25 Å². The molecule has 0 aromatic carbocycles. The zero-order chi connectivity index (χ0) is 19.7. The molecular formula is C20H28N4O3S. The lowest BCUT2D eigenvalue weighted by molar-refractivity contribution is -0.116. The number of sulfonamides is 1. The van der Waals surface area contributed by atoms with E-state index in [-0.39, 0.29) is 11.2 Å². The molecule has 3 N–H and O–H groups in total. The van der Waals surface area contributed by atoms with Crippen molar-refractivity contribution < 1.29 is 13.2 Å². The first-order valence-corrected chi connectivity index (χ1v) is 11.6. The van der Waals surface area contributed by atoms with Crippen molar-refractivity contribution in [2.75, 3.05) is 25.4 Å². The van der Waals surface area contributed by atoms with Crippen LogP contribution in [0.4, 0.5) is 5.82 Å². The molecule has 0 unspecified atom stereocenters. The third-order valence-corrected chi connectivity index (χ3v) is 8.77. The van der Waals surface area contributed by atoms with Gasteiger partial charge in [-0.3, -0.25) is 4.79 Å². The first-order chi connectivity index (χ1) is 13.4. The predicted octanol–water partition coefficient (Wildman–Crippen LogP) is 1.63. The van der Waals surface area contributed by atoms with Gasteiger partial charge in [0, 0.05) is 31.9 Å². The monoisotopic (exact) mass is 404 g/mol. The Morgan fingerprint density at radius 2 is 1.96 bits per heavy atom. The Balaban J connectivity index is 1.17. The number of hydrogen-bond donors (Lipinski definition) is 2. The molecule has 3 aliphatic rings.